The number of amides is 2. The summed E-state index contributed by atoms with van der Waals surface area (Å²) in [6.45, 7) is 1.15. The predicted octanol–water partition coefficient (Wildman–Crippen LogP) is 6.26. The molecule has 242 valence electrons. The van der Waals surface area contributed by atoms with E-state index >= 15 is 0 Å². The third kappa shape index (κ3) is 6.12. The van der Waals surface area contributed by atoms with E-state index in [1.54, 1.807) is 12.4 Å². The molecule has 6 N–H and O–H groups in total. The second-order valence-electron chi connectivity index (χ2n) is 12.3. The lowest BCUT2D eigenvalue weighted by molar-refractivity contribution is 0.0940. The summed E-state index contributed by atoms with van der Waals surface area (Å²) >= 11 is 0. The Balaban J connectivity index is 0.000000152. The molecule has 4 aromatic heterocycles. The summed E-state index contributed by atoms with van der Waals surface area (Å²) in [6.07, 6.45) is 9.44. The standard InChI is InChI=1S/C19H21N3O2.C19H15N3O2/c2*23-18(21-10-12-6-2-1-3-7-12)14-11-20-17-16(14)13-8-4-5-9-15(13)22-19(17)24/h4-5,8-9,11-12,20H,1-3,6-7,10H2,(H,21,23)(H,22,24);1-9,11,20H,10H2,(H,21,23)(H,22,24). The Morgan fingerprint density at radius 2 is 1.12 bits per heavy atom. The molecule has 3 aromatic carbocycles. The van der Waals surface area contributed by atoms with Gasteiger partial charge in [-0.2, -0.15) is 0 Å². The highest BCUT2D eigenvalue weighted by atomic mass is 16.2. The molecule has 0 radical (unpaired) electrons. The first kappa shape index (κ1) is 30.7. The van der Waals surface area contributed by atoms with Crippen molar-refractivity contribution in [3.05, 3.63) is 129 Å². The maximum Gasteiger partial charge on any atom is 0.272 e. The lowest BCUT2D eigenvalue weighted by Crippen LogP contribution is -2.30. The molecular formula is C38H36N6O4. The number of carbonyl (C=O) groups is 2. The molecule has 2 amide bonds. The molecule has 1 aliphatic carbocycles. The molecule has 1 saturated carbocycles. The Morgan fingerprint density at radius 1 is 0.625 bits per heavy atom. The molecule has 7 aromatic rings. The summed E-state index contributed by atoms with van der Waals surface area (Å²) < 4.78 is 0. The van der Waals surface area contributed by atoms with Gasteiger partial charge in [0.1, 0.15) is 11.0 Å². The summed E-state index contributed by atoms with van der Waals surface area (Å²) in [5.74, 6) is 0.261. The van der Waals surface area contributed by atoms with E-state index in [1.165, 1.54) is 32.1 Å². The number of aromatic nitrogens is 4. The van der Waals surface area contributed by atoms with Crippen LogP contribution in [0.15, 0.2) is 101 Å². The van der Waals surface area contributed by atoms with Crippen LogP contribution in [0.5, 0.6) is 0 Å². The van der Waals surface area contributed by atoms with Crippen molar-refractivity contribution in [3.63, 3.8) is 0 Å². The largest absolute Gasteiger partial charge is 0.356 e. The number of para-hydroxylation sites is 2. The van der Waals surface area contributed by atoms with Crippen LogP contribution in [-0.4, -0.2) is 38.3 Å². The van der Waals surface area contributed by atoms with Crippen molar-refractivity contribution in [2.24, 2.45) is 5.92 Å². The Kier molecular flexibility index (Phi) is 8.61. The first-order chi connectivity index (χ1) is 23.5. The maximum atomic E-state index is 12.7. The zero-order valence-corrected chi connectivity index (χ0v) is 26.3. The minimum atomic E-state index is -0.231. The van der Waals surface area contributed by atoms with Crippen LogP contribution in [0.3, 0.4) is 0 Å². The van der Waals surface area contributed by atoms with Gasteiger partial charge in [0.2, 0.25) is 0 Å². The Hall–Kier alpha value is -5.90. The van der Waals surface area contributed by atoms with Crippen LogP contribution in [-0.2, 0) is 6.54 Å². The second kappa shape index (κ2) is 13.4. The quantitative estimate of drug-likeness (QED) is 0.127. The Labute approximate surface area is 275 Å². The normalized spacial score (nSPS) is 13.4. The van der Waals surface area contributed by atoms with E-state index in [1.807, 2.05) is 78.9 Å². The fourth-order valence-electron chi connectivity index (χ4n) is 6.71. The van der Waals surface area contributed by atoms with Crippen LogP contribution in [0.1, 0.15) is 58.4 Å². The van der Waals surface area contributed by atoms with Crippen molar-refractivity contribution in [3.8, 4) is 0 Å². The van der Waals surface area contributed by atoms with Gasteiger partial charge < -0.3 is 30.6 Å². The van der Waals surface area contributed by atoms with E-state index in [-0.39, 0.29) is 22.9 Å². The van der Waals surface area contributed by atoms with Crippen LogP contribution in [0.2, 0.25) is 0 Å². The lowest BCUT2D eigenvalue weighted by atomic mass is 9.89. The summed E-state index contributed by atoms with van der Waals surface area (Å²) in [7, 11) is 0. The number of hydrogen-bond acceptors (Lipinski definition) is 4. The molecule has 0 aliphatic heterocycles. The topological polar surface area (TPSA) is 155 Å². The van der Waals surface area contributed by atoms with Gasteiger partial charge >= 0.3 is 0 Å². The number of rotatable bonds is 6. The minimum Gasteiger partial charge on any atom is -0.356 e. The van der Waals surface area contributed by atoms with Crippen molar-refractivity contribution in [2.75, 3.05) is 6.54 Å². The van der Waals surface area contributed by atoms with Crippen LogP contribution >= 0.6 is 0 Å². The molecule has 0 saturated heterocycles. The molecular weight excluding hydrogens is 604 g/mol. The zero-order chi connectivity index (χ0) is 33.0. The van der Waals surface area contributed by atoms with Crippen molar-refractivity contribution in [2.45, 2.75) is 38.6 Å². The van der Waals surface area contributed by atoms with E-state index in [9.17, 15) is 19.2 Å². The average molecular weight is 641 g/mol. The van der Waals surface area contributed by atoms with E-state index < -0.39 is 0 Å². The first-order valence-electron chi connectivity index (χ1n) is 16.3. The van der Waals surface area contributed by atoms with Crippen molar-refractivity contribution >= 4 is 55.4 Å². The number of aromatic amines is 4. The van der Waals surface area contributed by atoms with Crippen molar-refractivity contribution in [1.82, 2.24) is 30.6 Å². The van der Waals surface area contributed by atoms with Crippen LogP contribution in [0.25, 0.3) is 43.6 Å². The van der Waals surface area contributed by atoms with Crippen LogP contribution in [0.4, 0.5) is 0 Å². The number of H-pyrrole nitrogens is 4. The van der Waals surface area contributed by atoms with Crippen molar-refractivity contribution in [1.29, 1.82) is 0 Å². The maximum absolute atomic E-state index is 12.7. The molecule has 0 spiro atoms. The van der Waals surface area contributed by atoms with E-state index in [0.29, 0.717) is 57.5 Å². The molecule has 48 heavy (non-hydrogen) atoms. The first-order valence-corrected chi connectivity index (χ1v) is 16.3. The molecule has 1 aliphatic rings. The highest BCUT2D eigenvalue weighted by Gasteiger charge is 2.20. The van der Waals surface area contributed by atoms with Gasteiger partial charge in [-0.3, -0.25) is 19.2 Å². The number of hydrogen-bond donors (Lipinski definition) is 6. The van der Waals surface area contributed by atoms with Gasteiger partial charge in [-0.15, -0.1) is 0 Å². The number of carbonyl (C=O) groups excluding carboxylic acids is 2. The average Bonchev–Trinajstić information content (AvgIpc) is 3.78. The molecule has 10 nitrogen and oxygen atoms in total. The molecule has 0 bridgehead atoms. The molecule has 0 unspecified atom stereocenters. The molecule has 10 heteroatoms. The molecule has 4 heterocycles. The Bertz CT molecular complexity index is 2380. The van der Waals surface area contributed by atoms with Gasteiger partial charge in [0.25, 0.3) is 22.9 Å². The Morgan fingerprint density at radius 3 is 1.69 bits per heavy atom. The van der Waals surface area contributed by atoms with E-state index in [2.05, 4.69) is 30.6 Å². The number of nitrogens with one attached hydrogen (secondary N) is 6. The van der Waals surface area contributed by atoms with Crippen LogP contribution < -0.4 is 21.8 Å². The number of pyridine rings is 2. The number of benzene rings is 3. The zero-order valence-electron chi connectivity index (χ0n) is 26.3. The van der Waals surface area contributed by atoms with Gasteiger partial charge in [0.15, 0.2) is 0 Å². The van der Waals surface area contributed by atoms with Gasteiger partial charge in [0.05, 0.1) is 11.1 Å². The summed E-state index contributed by atoms with van der Waals surface area (Å²) in [5.41, 5.74) is 3.94. The van der Waals surface area contributed by atoms with E-state index in [4.69, 9.17) is 0 Å². The predicted molar refractivity (Wildman–Crippen MR) is 189 cm³/mol. The van der Waals surface area contributed by atoms with Gasteiger partial charge in [-0.05, 0) is 36.5 Å². The molecule has 0 atom stereocenters. The molecule has 1 fully saturated rings. The van der Waals surface area contributed by atoms with Crippen molar-refractivity contribution < 1.29 is 9.59 Å². The second-order valence-corrected chi connectivity index (χ2v) is 12.3. The summed E-state index contributed by atoms with van der Waals surface area (Å²) in [5, 5.41) is 9.05. The third-order valence-electron chi connectivity index (χ3n) is 9.16. The molecule has 8 rings (SSSR count). The summed E-state index contributed by atoms with van der Waals surface area (Å²) in [4.78, 5) is 61.2. The van der Waals surface area contributed by atoms with Gasteiger partial charge in [0, 0.05) is 58.1 Å². The number of fused-ring (bicyclic) bond motifs is 6. The van der Waals surface area contributed by atoms with E-state index in [0.717, 1.165) is 21.9 Å². The monoisotopic (exact) mass is 640 g/mol. The smallest absolute Gasteiger partial charge is 0.272 e. The SMILES string of the molecule is O=C(NCC1CCCCC1)c1c[nH]c2c(=O)[nH]c3ccccc3c12.O=C(NCc1ccccc1)c1c[nH]c2c(=O)[nH]c3ccccc3c12. The van der Waals surface area contributed by atoms with Crippen LogP contribution in [0, 0.1) is 5.92 Å². The van der Waals surface area contributed by atoms with Gasteiger partial charge in [-0.1, -0.05) is 86.0 Å². The highest BCUT2D eigenvalue weighted by molar-refractivity contribution is 6.17. The third-order valence-corrected chi connectivity index (χ3v) is 9.16. The lowest BCUT2D eigenvalue weighted by Gasteiger charge is -2.21. The highest BCUT2D eigenvalue weighted by Crippen LogP contribution is 2.26. The fraction of sp³-hybridized carbons (Fsp3) is 0.211. The van der Waals surface area contributed by atoms with Gasteiger partial charge in [-0.25, -0.2) is 0 Å². The minimum absolute atomic E-state index is 0.109. The summed E-state index contributed by atoms with van der Waals surface area (Å²) in [6, 6.07) is 24.7. The fourth-order valence-corrected chi connectivity index (χ4v) is 6.71.